The van der Waals surface area contributed by atoms with E-state index >= 15 is 0 Å². The lowest BCUT2D eigenvalue weighted by molar-refractivity contribution is 0.137. The summed E-state index contributed by atoms with van der Waals surface area (Å²) in [5.74, 6) is 0. The van der Waals surface area contributed by atoms with Crippen LogP contribution in [-0.2, 0) is 4.74 Å². The van der Waals surface area contributed by atoms with Crippen molar-refractivity contribution in [3.8, 4) is 0 Å². The number of ether oxygens (including phenoxy) is 1. The van der Waals surface area contributed by atoms with Crippen LogP contribution in [0.15, 0.2) is 12.2 Å². The van der Waals surface area contributed by atoms with Crippen molar-refractivity contribution in [2.45, 2.75) is 45.7 Å². The summed E-state index contributed by atoms with van der Waals surface area (Å²) in [7, 11) is 0. The van der Waals surface area contributed by atoms with Crippen molar-refractivity contribution in [1.82, 2.24) is 10.2 Å². The highest BCUT2D eigenvalue weighted by Gasteiger charge is 2.19. The van der Waals surface area contributed by atoms with Crippen LogP contribution >= 0.6 is 0 Å². The molecule has 0 aliphatic carbocycles. The molecular formula is C14H28N2O. The van der Waals surface area contributed by atoms with E-state index in [9.17, 15) is 0 Å². The molecule has 3 nitrogen and oxygen atoms in total. The van der Waals surface area contributed by atoms with E-state index in [2.05, 4.69) is 30.6 Å². The van der Waals surface area contributed by atoms with Gasteiger partial charge in [-0.15, -0.1) is 0 Å². The molecule has 0 radical (unpaired) electrons. The molecule has 1 N–H and O–H groups in total. The molecule has 1 aliphatic rings. The topological polar surface area (TPSA) is 24.5 Å². The van der Waals surface area contributed by atoms with Gasteiger partial charge in [0, 0.05) is 18.6 Å². The quantitative estimate of drug-likeness (QED) is 0.544. The molecule has 1 fully saturated rings. The van der Waals surface area contributed by atoms with E-state index in [1.54, 1.807) is 0 Å². The zero-order valence-corrected chi connectivity index (χ0v) is 11.7. The van der Waals surface area contributed by atoms with Gasteiger partial charge in [-0.2, -0.15) is 0 Å². The van der Waals surface area contributed by atoms with Gasteiger partial charge in [-0.1, -0.05) is 12.2 Å². The fourth-order valence-electron chi connectivity index (χ4n) is 2.20. The van der Waals surface area contributed by atoms with Crippen molar-refractivity contribution in [1.29, 1.82) is 0 Å². The maximum atomic E-state index is 5.47. The summed E-state index contributed by atoms with van der Waals surface area (Å²) in [6, 6.07) is 1.37. The average molecular weight is 240 g/mol. The second kappa shape index (κ2) is 7.85. The molecule has 0 unspecified atom stereocenters. The Labute approximate surface area is 106 Å². The minimum absolute atomic E-state index is 0.679. The molecule has 1 aliphatic heterocycles. The maximum absolute atomic E-state index is 5.47. The van der Waals surface area contributed by atoms with Crippen molar-refractivity contribution in [2.24, 2.45) is 0 Å². The van der Waals surface area contributed by atoms with Crippen LogP contribution in [-0.4, -0.2) is 49.8 Å². The number of nitrogens with one attached hydrogen (secondary N) is 1. The van der Waals surface area contributed by atoms with Crippen molar-refractivity contribution in [2.75, 3.05) is 32.8 Å². The molecule has 0 aromatic carbocycles. The monoisotopic (exact) mass is 240 g/mol. The third kappa shape index (κ3) is 6.20. The van der Waals surface area contributed by atoms with E-state index in [1.165, 1.54) is 25.9 Å². The molecule has 0 atom stereocenters. The molecule has 1 rings (SSSR count). The first-order chi connectivity index (χ1) is 8.09. The summed E-state index contributed by atoms with van der Waals surface area (Å²) in [6.45, 7) is 15.2. The number of hydrogen-bond acceptors (Lipinski definition) is 3. The minimum Gasteiger partial charge on any atom is -0.376 e. The summed E-state index contributed by atoms with van der Waals surface area (Å²) in [5, 5.41) is 3.57. The number of likely N-dealkylation sites (tertiary alicyclic amines) is 1. The third-order valence-corrected chi connectivity index (χ3v) is 3.29. The van der Waals surface area contributed by atoms with Crippen LogP contribution in [0.3, 0.4) is 0 Å². The van der Waals surface area contributed by atoms with Crippen LogP contribution < -0.4 is 5.32 Å². The zero-order chi connectivity index (χ0) is 12.7. The maximum Gasteiger partial charge on any atom is 0.0672 e. The van der Waals surface area contributed by atoms with Gasteiger partial charge in [0.05, 0.1) is 13.2 Å². The normalized spacial score (nSPS) is 18.8. The number of piperidine rings is 1. The molecule has 0 saturated carbocycles. The second-order valence-electron chi connectivity index (χ2n) is 5.37. The molecule has 0 bridgehead atoms. The Morgan fingerprint density at radius 2 is 2.06 bits per heavy atom. The average Bonchev–Trinajstić information content (AvgIpc) is 2.29. The summed E-state index contributed by atoms with van der Waals surface area (Å²) in [4.78, 5) is 2.55. The van der Waals surface area contributed by atoms with Crippen LogP contribution in [0.2, 0.25) is 0 Å². The van der Waals surface area contributed by atoms with E-state index in [-0.39, 0.29) is 0 Å². The van der Waals surface area contributed by atoms with Gasteiger partial charge in [-0.25, -0.2) is 0 Å². The van der Waals surface area contributed by atoms with Crippen molar-refractivity contribution in [3.63, 3.8) is 0 Å². The molecule has 0 amide bonds. The fraction of sp³-hybridized carbons (Fsp3) is 0.857. The predicted molar refractivity (Wildman–Crippen MR) is 73.4 cm³/mol. The Morgan fingerprint density at radius 1 is 1.41 bits per heavy atom. The molecule has 1 saturated heterocycles. The van der Waals surface area contributed by atoms with Crippen LogP contribution in [0, 0.1) is 0 Å². The Bertz CT molecular complexity index is 220. The summed E-state index contributed by atoms with van der Waals surface area (Å²) >= 11 is 0. The second-order valence-corrected chi connectivity index (χ2v) is 5.37. The van der Waals surface area contributed by atoms with E-state index in [0.717, 1.165) is 18.7 Å². The van der Waals surface area contributed by atoms with Crippen molar-refractivity contribution >= 4 is 0 Å². The molecule has 100 valence electrons. The van der Waals surface area contributed by atoms with E-state index in [0.29, 0.717) is 18.7 Å². The molecule has 17 heavy (non-hydrogen) atoms. The van der Waals surface area contributed by atoms with Crippen LogP contribution in [0.1, 0.15) is 33.6 Å². The lowest BCUT2D eigenvalue weighted by Gasteiger charge is -2.35. The molecule has 3 heteroatoms. The lowest BCUT2D eigenvalue weighted by atomic mass is 10.0. The van der Waals surface area contributed by atoms with Crippen molar-refractivity contribution < 1.29 is 4.74 Å². The van der Waals surface area contributed by atoms with Gasteiger partial charge < -0.3 is 15.0 Å². The van der Waals surface area contributed by atoms with Crippen LogP contribution in [0.4, 0.5) is 0 Å². The summed E-state index contributed by atoms with van der Waals surface area (Å²) in [5.41, 5.74) is 1.09. The molecule has 0 spiro atoms. The van der Waals surface area contributed by atoms with E-state index in [4.69, 9.17) is 4.74 Å². The van der Waals surface area contributed by atoms with Gasteiger partial charge in [-0.05, 0) is 46.7 Å². The summed E-state index contributed by atoms with van der Waals surface area (Å²) < 4.78 is 5.47. The third-order valence-electron chi connectivity index (χ3n) is 3.29. The van der Waals surface area contributed by atoms with Crippen LogP contribution in [0.25, 0.3) is 0 Å². The van der Waals surface area contributed by atoms with Gasteiger partial charge in [0.2, 0.25) is 0 Å². The Kier molecular flexibility index (Phi) is 6.78. The van der Waals surface area contributed by atoms with Gasteiger partial charge in [0.15, 0.2) is 0 Å². The largest absolute Gasteiger partial charge is 0.376 e. The minimum atomic E-state index is 0.679. The lowest BCUT2D eigenvalue weighted by Crippen LogP contribution is -2.45. The standard InChI is InChI=1S/C14H28N2O/c1-12(2)11-17-10-7-15-14-5-8-16(9-6-14)13(3)4/h13-15H,1,5-11H2,2-4H3. The zero-order valence-electron chi connectivity index (χ0n) is 11.7. The summed E-state index contributed by atoms with van der Waals surface area (Å²) in [6.07, 6.45) is 2.53. The highest BCUT2D eigenvalue weighted by atomic mass is 16.5. The Balaban J connectivity index is 2.01. The van der Waals surface area contributed by atoms with Gasteiger partial charge in [0.25, 0.3) is 0 Å². The highest BCUT2D eigenvalue weighted by Crippen LogP contribution is 2.12. The van der Waals surface area contributed by atoms with Gasteiger partial charge >= 0.3 is 0 Å². The first-order valence-corrected chi connectivity index (χ1v) is 6.79. The molecular weight excluding hydrogens is 212 g/mol. The Morgan fingerprint density at radius 3 is 2.59 bits per heavy atom. The van der Waals surface area contributed by atoms with Gasteiger partial charge in [0.1, 0.15) is 0 Å². The number of hydrogen-bond donors (Lipinski definition) is 1. The van der Waals surface area contributed by atoms with E-state index < -0.39 is 0 Å². The van der Waals surface area contributed by atoms with Crippen LogP contribution in [0.5, 0.6) is 0 Å². The Hall–Kier alpha value is -0.380. The molecule has 1 heterocycles. The first-order valence-electron chi connectivity index (χ1n) is 6.79. The highest BCUT2D eigenvalue weighted by molar-refractivity contribution is 4.87. The predicted octanol–water partition coefficient (Wildman–Crippen LogP) is 2.04. The number of rotatable bonds is 7. The SMILES string of the molecule is C=C(C)COCCNC1CCN(C(C)C)CC1. The number of nitrogens with zero attached hydrogens (tertiary/aromatic N) is 1. The van der Waals surface area contributed by atoms with Crippen molar-refractivity contribution in [3.05, 3.63) is 12.2 Å². The molecule has 0 aromatic rings. The molecule has 0 aromatic heterocycles. The fourth-order valence-corrected chi connectivity index (χ4v) is 2.20. The van der Waals surface area contributed by atoms with E-state index in [1.807, 2.05) is 6.92 Å². The smallest absolute Gasteiger partial charge is 0.0672 e. The van der Waals surface area contributed by atoms with Gasteiger partial charge in [-0.3, -0.25) is 0 Å². The first kappa shape index (κ1) is 14.7.